The summed E-state index contributed by atoms with van der Waals surface area (Å²) in [5, 5.41) is 18.3. The van der Waals surface area contributed by atoms with Gasteiger partial charge in [0.15, 0.2) is 5.70 Å². The molecule has 4 heteroatoms. The van der Waals surface area contributed by atoms with Gasteiger partial charge in [-0.3, -0.25) is 0 Å². The fraction of sp³-hybridized carbons (Fsp3) is 0. The lowest BCUT2D eigenvalue weighted by Gasteiger charge is -1.69. The van der Waals surface area contributed by atoms with Crippen LogP contribution in [0.4, 0.5) is 0 Å². The normalized spacial score (nSPS) is 9.00. The lowest BCUT2D eigenvalue weighted by Crippen LogP contribution is -1.66. The van der Waals surface area contributed by atoms with E-state index in [1.807, 2.05) is 0 Å². The van der Waals surface area contributed by atoms with Gasteiger partial charge in [-0.05, 0) is 5.53 Å². The molecule has 0 aliphatic rings. The van der Waals surface area contributed by atoms with Crippen molar-refractivity contribution < 1.29 is 0 Å². The highest BCUT2D eigenvalue weighted by molar-refractivity contribution is 5.24. The Hall–Kier alpha value is -1.68. The van der Waals surface area contributed by atoms with Gasteiger partial charge in [0.25, 0.3) is 0 Å². The SMILES string of the molecule is [N]=NC(C#N)=CC#N. The lowest BCUT2D eigenvalue weighted by atomic mass is 10.5. The maximum Gasteiger partial charge on any atom is 0.175 e. The first kappa shape index (κ1) is 6.32. The molecule has 0 aromatic carbocycles. The summed E-state index contributed by atoms with van der Waals surface area (Å²) in [6.07, 6.45) is 0.847. The average Bonchev–Trinajstić information content (AvgIpc) is 1.83. The summed E-state index contributed by atoms with van der Waals surface area (Å²) in [6.45, 7) is 0. The zero-order valence-electron chi connectivity index (χ0n) is 3.87. The van der Waals surface area contributed by atoms with Crippen LogP contribution in [0.15, 0.2) is 16.9 Å². The minimum absolute atomic E-state index is 0.285. The fourth-order valence-corrected chi connectivity index (χ4v) is 0.145. The Morgan fingerprint density at radius 2 is 2.12 bits per heavy atom. The van der Waals surface area contributed by atoms with Crippen molar-refractivity contribution in [2.24, 2.45) is 5.11 Å². The van der Waals surface area contributed by atoms with E-state index in [0.29, 0.717) is 0 Å². The maximum absolute atomic E-state index is 7.93. The van der Waals surface area contributed by atoms with Crippen molar-refractivity contribution in [1.29, 1.82) is 10.5 Å². The topological polar surface area (TPSA) is 82.2 Å². The zero-order valence-corrected chi connectivity index (χ0v) is 3.87. The number of nitriles is 2. The molecule has 0 bridgehead atoms. The first-order valence-electron chi connectivity index (χ1n) is 1.70. The maximum atomic E-state index is 7.93. The van der Waals surface area contributed by atoms with Gasteiger partial charge in [-0.15, -0.1) is 5.11 Å². The Kier molecular flexibility index (Phi) is 2.77. The van der Waals surface area contributed by atoms with Crippen molar-refractivity contribution in [3.8, 4) is 12.1 Å². The zero-order chi connectivity index (χ0) is 6.41. The van der Waals surface area contributed by atoms with E-state index in [4.69, 9.17) is 16.1 Å². The highest BCUT2D eigenvalue weighted by Crippen LogP contribution is 1.87. The van der Waals surface area contributed by atoms with Gasteiger partial charge in [0, 0.05) is 0 Å². The van der Waals surface area contributed by atoms with Crippen LogP contribution in [0.25, 0.3) is 0 Å². The highest BCUT2D eigenvalue weighted by Gasteiger charge is 1.84. The molecule has 0 aliphatic carbocycles. The summed E-state index contributed by atoms with van der Waals surface area (Å²) in [4.78, 5) is 0. The van der Waals surface area contributed by atoms with E-state index in [1.54, 1.807) is 0 Å². The van der Waals surface area contributed by atoms with Crippen molar-refractivity contribution in [3.63, 3.8) is 0 Å². The molecular weight excluding hydrogens is 104 g/mol. The number of hydrogen-bond acceptors (Lipinski definition) is 3. The van der Waals surface area contributed by atoms with E-state index in [-0.39, 0.29) is 5.70 Å². The Morgan fingerprint density at radius 1 is 1.50 bits per heavy atom. The van der Waals surface area contributed by atoms with Gasteiger partial charge >= 0.3 is 0 Å². The van der Waals surface area contributed by atoms with Crippen LogP contribution in [0.2, 0.25) is 0 Å². The molecule has 4 nitrogen and oxygen atoms in total. The van der Waals surface area contributed by atoms with Crippen LogP contribution in [-0.2, 0) is 0 Å². The molecule has 0 saturated carbocycles. The Bertz CT molecular complexity index is 189. The standard InChI is InChI=1S/C4HN4/c5-2-1-4(3-6)8-7/h1H. The third-order valence-corrected chi connectivity index (χ3v) is 0.424. The Balaban J connectivity index is 4.20. The molecule has 0 fully saturated rings. The number of nitrogens with zero attached hydrogens (tertiary/aromatic N) is 4. The smallest absolute Gasteiger partial charge is 0.175 e. The fourth-order valence-electron chi connectivity index (χ4n) is 0.145. The van der Waals surface area contributed by atoms with Crippen LogP contribution in [-0.4, -0.2) is 0 Å². The van der Waals surface area contributed by atoms with Gasteiger partial charge in [0.1, 0.15) is 6.07 Å². The second-order valence-corrected chi connectivity index (χ2v) is 0.870. The molecule has 0 heterocycles. The summed E-state index contributed by atoms with van der Waals surface area (Å²) in [6, 6.07) is 3.01. The van der Waals surface area contributed by atoms with E-state index < -0.39 is 0 Å². The molecule has 0 N–H and O–H groups in total. The van der Waals surface area contributed by atoms with Gasteiger partial charge < -0.3 is 0 Å². The monoisotopic (exact) mass is 105 g/mol. The quantitative estimate of drug-likeness (QED) is 0.351. The van der Waals surface area contributed by atoms with Gasteiger partial charge in [-0.1, -0.05) is 0 Å². The van der Waals surface area contributed by atoms with Gasteiger partial charge in [0.2, 0.25) is 0 Å². The van der Waals surface area contributed by atoms with Crippen LogP contribution >= 0.6 is 0 Å². The Morgan fingerprint density at radius 3 is 2.25 bits per heavy atom. The minimum atomic E-state index is -0.285. The molecule has 0 aliphatic heterocycles. The van der Waals surface area contributed by atoms with Crippen molar-refractivity contribution in [2.75, 3.05) is 0 Å². The van der Waals surface area contributed by atoms with Crippen LogP contribution in [0, 0.1) is 22.7 Å². The lowest BCUT2D eigenvalue weighted by molar-refractivity contribution is 1.22. The predicted molar refractivity (Wildman–Crippen MR) is 23.9 cm³/mol. The van der Waals surface area contributed by atoms with E-state index in [0.717, 1.165) is 6.08 Å². The number of rotatable bonds is 1. The second kappa shape index (κ2) is 3.51. The van der Waals surface area contributed by atoms with Crippen molar-refractivity contribution in [1.82, 2.24) is 5.53 Å². The van der Waals surface area contributed by atoms with Crippen LogP contribution in [0.3, 0.4) is 0 Å². The van der Waals surface area contributed by atoms with Crippen molar-refractivity contribution >= 4 is 0 Å². The van der Waals surface area contributed by atoms with Crippen LogP contribution in [0.5, 0.6) is 0 Å². The molecule has 0 spiro atoms. The predicted octanol–water partition coefficient (Wildman–Crippen LogP) is 0.170. The second-order valence-electron chi connectivity index (χ2n) is 0.870. The molecule has 0 aromatic heterocycles. The molecule has 8 heavy (non-hydrogen) atoms. The number of hydrogen-bond donors (Lipinski definition) is 0. The van der Waals surface area contributed by atoms with E-state index in [2.05, 4.69) is 5.11 Å². The summed E-state index contributed by atoms with van der Waals surface area (Å²) in [5.41, 5.74) is 7.56. The molecule has 0 rings (SSSR count). The average molecular weight is 105 g/mol. The summed E-state index contributed by atoms with van der Waals surface area (Å²) in [5.74, 6) is 0. The third kappa shape index (κ3) is 1.68. The highest BCUT2D eigenvalue weighted by atomic mass is 15.0. The van der Waals surface area contributed by atoms with E-state index in [1.165, 1.54) is 12.1 Å². The molecule has 0 saturated heterocycles. The van der Waals surface area contributed by atoms with E-state index >= 15 is 0 Å². The largest absolute Gasteiger partial charge is 0.193 e. The Labute approximate surface area is 46.2 Å². The molecule has 1 radical (unpaired) electrons. The molecular formula is C4HN4. The van der Waals surface area contributed by atoms with Crippen molar-refractivity contribution in [2.45, 2.75) is 0 Å². The molecule has 37 valence electrons. The van der Waals surface area contributed by atoms with Gasteiger partial charge in [-0.2, -0.15) is 10.5 Å². The number of allylic oxidation sites excluding steroid dienone is 2. The summed E-state index contributed by atoms with van der Waals surface area (Å²) < 4.78 is 0. The summed E-state index contributed by atoms with van der Waals surface area (Å²) in [7, 11) is 0. The van der Waals surface area contributed by atoms with Gasteiger partial charge in [0.05, 0.1) is 12.1 Å². The molecule has 0 unspecified atom stereocenters. The van der Waals surface area contributed by atoms with Crippen molar-refractivity contribution in [3.05, 3.63) is 11.8 Å². The first-order valence-corrected chi connectivity index (χ1v) is 1.70. The molecule has 0 atom stereocenters. The first-order chi connectivity index (χ1) is 3.85. The summed E-state index contributed by atoms with van der Waals surface area (Å²) >= 11 is 0. The van der Waals surface area contributed by atoms with Crippen LogP contribution in [0.1, 0.15) is 0 Å². The third-order valence-electron chi connectivity index (χ3n) is 0.424. The van der Waals surface area contributed by atoms with Crippen LogP contribution < -0.4 is 5.53 Å². The molecule has 0 aromatic rings. The molecule has 0 amide bonds. The van der Waals surface area contributed by atoms with Gasteiger partial charge in [-0.25, -0.2) is 0 Å². The van der Waals surface area contributed by atoms with E-state index in [9.17, 15) is 0 Å². The minimum Gasteiger partial charge on any atom is -0.193 e.